The predicted octanol–water partition coefficient (Wildman–Crippen LogP) is 0.426. The second kappa shape index (κ2) is 7.37. The van der Waals surface area contributed by atoms with Crippen LogP contribution in [0.2, 0.25) is 0 Å². The van der Waals surface area contributed by atoms with Gasteiger partial charge in [-0.2, -0.15) is 5.10 Å². The highest BCUT2D eigenvalue weighted by Gasteiger charge is 2.03. The molecule has 0 amide bonds. The zero-order valence-corrected chi connectivity index (χ0v) is 12.7. The van der Waals surface area contributed by atoms with Gasteiger partial charge in [-0.3, -0.25) is 14.7 Å². The van der Waals surface area contributed by atoms with Crippen LogP contribution in [0.1, 0.15) is 17.0 Å². The highest BCUT2D eigenvalue weighted by Crippen LogP contribution is 2.04. The van der Waals surface area contributed by atoms with Crippen molar-refractivity contribution in [2.75, 3.05) is 13.6 Å². The third-order valence-electron chi connectivity index (χ3n) is 3.27. The van der Waals surface area contributed by atoms with Gasteiger partial charge in [-0.05, 0) is 30.5 Å². The van der Waals surface area contributed by atoms with Crippen LogP contribution in [-0.2, 0) is 20.0 Å². The van der Waals surface area contributed by atoms with Crippen LogP contribution in [0.5, 0.6) is 0 Å². The number of guanidine groups is 1. The lowest BCUT2D eigenvalue weighted by atomic mass is 10.1. The number of aryl methyl sites for hydroxylation is 2. The molecule has 0 saturated heterocycles. The molecule has 0 bridgehead atoms. The molecule has 7 nitrogen and oxygen atoms in total. The normalized spacial score (nSPS) is 11.5. The van der Waals surface area contributed by atoms with Crippen molar-refractivity contribution in [3.05, 3.63) is 41.7 Å². The molecule has 0 aliphatic carbocycles. The maximum absolute atomic E-state index is 4.20. The van der Waals surface area contributed by atoms with Gasteiger partial charge in [0.2, 0.25) is 0 Å². The summed E-state index contributed by atoms with van der Waals surface area (Å²) >= 11 is 0. The van der Waals surface area contributed by atoms with Gasteiger partial charge in [0.1, 0.15) is 12.2 Å². The van der Waals surface area contributed by atoms with Crippen LogP contribution in [0.3, 0.4) is 0 Å². The van der Waals surface area contributed by atoms with Gasteiger partial charge in [-0.1, -0.05) is 0 Å². The van der Waals surface area contributed by atoms with Gasteiger partial charge >= 0.3 is 0 Å². The summed E-state index contributed by atoms with van der Waals surface area (Å²) in [6.07, 6.45) is 6.18. The van der Waals surface area contributed by atoms with E-state index in [-0.39, 0.29) is 0 Å². The molecule has 7 heteroatoms. The average Bonchev–Trinajstić information content (AvgIpc) is 2.90. The molecule has 112 valence electrons. The number of aliphatic imine (C=N–C) groups is 1. The fraction of sp³-hybridized carbons (Fsp3) is 0.429. The van der Waals surface area contributed by atoms with Crippen molar-refractivity contribution in [1.29, 1.82) is 0 Å². The molecule has 0 radical (unpaired) electrons. The molecule has 2 aromatic rings. The summed E-state index contributed by atoms with van der Waals surface area (Å²) in [6.45, 7) is 3.47. The fourth-order valence-corrected chi connectivity index (χ4v) is 1.96. The molecular weight excluding hydrogens is 266 g/mol. The molecule has 0 fully saturated rings. The lowest BCUT2D eigenvalue weighted by Crippen LogP contribution is -2.38. The summed E-state index contributed by atoms with van der Waals surface area (Å²) in [5.41, 5.74) is 2.50. The molecule has 2 heterocycles. The Kier molecular flexibility index (Phi) is 5.25. The molecule has 0 aromatic carbocycles. The van der Waals surface area contributed by atoms with Gasteiger partial charge in [0, 0.05) is 33.0 Å². The van der Waals surface area contributed by atoms with E-state index in [1.165, 1.54) is 11.1 Å². The molecule has 0 unspecified atom stereocenters. The summed E-state index contributed by atoms with van der Waals surface area (Å²) < 4.78 is 1.74. The molecule has 0 aliphatic rings. The van der Waals surface area contributed by atoms with Crippen LogP contribution in [0.4, 0.5) is 0 Å². The van der Waals surface area contributed by atoms with Gasteiger partial charge in [0.05, 0.1) is 6.54 Å². The first kappa shape index (κ1) is 15.0. The second-order valence-electron chi connectivity index (χ2n) is 4.70. The number of nitrogens with one attached hydrogen (secondary N) is 2. The Morgan fingerprint density at radius 2 is 2.24 bits per heavy atom. The summed E-state index contributed by atoms with van der Waals surface area (Å²) in [4.78, 5) is 12.5. The van der Waals surface area contributed by atoms with Crippen LogP contribution in [0.25, 0.3) is 0 Å². The smallest absolute Gasteiger partial charge is 0.191 e. The third kappa shape index (κ3) is 4.27. The molecule has 2 rings (SSSR count). The molecule has 0 atom stereocenters. The standard InChI is InChI=1S/C14H21N7/c1-11-8-16-6-4-12(11)5-7-17-14(15-2)18-9-13-19-10-20-21(13)3/h4,6,8,10H,5,7,9H2,1-3H3,(H2,15,17,18). The van der Waals surface area contributed by atoms with Crippen LogP contribution in [0, 0.1) is 6.92 Å². The van der Waals surface area contributed by atoms with Crippen molar-refractivity contribution in [3.63, 3.8) is 0 Å². The summed E-state index contributed by atoms with van der Waals surface area (Å²) in [6, 6.07) is 2.05. The van der Waals surface area contributed by atoms with Crippen LogP contribution < -0.4 is 10.6 Å². The van der Waals surface area contributed by atoms with Gasteiger partial charge in [0.15, 0.2) is 5.96 Å². The number of nitrogens with zero attached hydrogens (tertiary/aromatic N) is 5. The van der Waals surface area contributed by atoms with Gasteiger partial charge in [-0.25, -0.2) is 4.98 Å². The van der Waals surface area contributed by atoms with E-state index in [2.05, 4.69) is 37.6 Å². The Morgan fingerprint density at radius 3 is 2.90 bits per heavy atom. The van der Waals surface area contributed by atoms with Crippen LogP contribution >= 0.6 is 0 Å². The van der Waals surface area contributed by atoms with E-state index in [0.29, 0.717) is 6.54 Å². The van der Waals surface area contributed by atoms with Gasteiger partial charge in [0.25, 0.3) is 0 Å². The maximum Gasteiger partial charge on any atom is 0.191 e. The number of rotatable bonds is 5. The molecule has 2 N–H and O–H groups in total. The van der Waals surface area contributed by atoms with Crippen molar-refractivity contribution < 1.29 is 0 Å². The zero-order chi connectivity index (χ0) is 15.1. The third-order valence-corrected chi connectivity index (χ3v) is 3.27. The Bertz CT molecular complexity index is 603. The topological polar surface area (TPSA) is 80.0 Å². The predicted molar refractivity (Wildman–Crippen MR) is 81.9 cm³/mol. The van der Waals surface area contributed by atoms with E-state index < -0.39 is 0 Å². The first-order chi connectivity index (χ1) is 10.2. The summed E-state index contributed by atoms with van der Waals surface area (Å²) in [7, 11) is 3.62. The SMILES string of the molecule is CN=C(NCCc1ccncc1C)NCc1ncnn1C. The van der Waals surface area contributed by atoms with Gasteiger partial charge < -0.3 is 10.6 Å². The Morgan fingerprint density at radius 1 is 1.38 bits per heavy atom. The lowest BCUT2D eigenvalue weighted by molar-refractivity contribution is 0.672. The molecule has 0 aliphatic heterocycles. The largest absolute Gasteiger partial charge is 0.356 e. The monoisotopic (exact) mass is 287 g/mol. The molecule has 0 spiro atoms. The lowest BCUT2D eigenvalue weighted by Gasteiger charge is -2.12. The van der Waals surface area contributed by atoms with Crippen molar-refractivity contribution in [2.45, 2.75) is 19.9 Å². The molecular formula is C14H21N7. The van der Waals surface area contributed by atoms with E-state index in [1.54, 1.807) is 18.1 Å². The zero-order valence-electron chi connectivity index (χ0n) is 12.7. The number of aromatic nitrogens is 4. The minimum absolute atomic E-state index is 0.588. The number of pyridine rings is 1. The minimum Gasteiger partial charge on any atom is -0.356 e. The van der Waals surface area contributed by atoms with Gasteiger partial charge in [-0.15, -0.1) is 0 Å². The van der Waals surface area contributed by atoms with E-state index >= 15 is 0 Å². The second-order valence-corrected chi connectivity index (χ2v) is 4.70. The Labute approximate surface area is 124 Å². The van der Waals surface area contributed by atoms with E-state index in [4.69, 9.17) is 0 Å². The maximum atomic E-state index is 4.20. The first-order valence-corrected chi connectivity index (χ1v) is 6.87. The summed E-state index contributed by atoms with van der Waals surface area (Å²) in [5, 5.41) is 10.5. The first-order valence-electron chi connectivity index (χ1n) is 6.87. The van der Waals surface area contributed by atoms with Crippen LogP contribution in [0.15, 0.2) is 29.8 Å². The van der Waals surface area contributed by atoms with Crippen molar-refractivity contribution >= 4 is 5.96 Å². The van der Waals surface area contributed by atoms with Crippen LogP contribution in [-0.4, -0.2) is 39.3 Å². The molecule has 0 saturated carbocycles. The van der Waals surface area contributed by atoms with Crippen molar-refractivity contribution in [1.82, 2.24) is 30.4 Å². The molecule has 2 aromatic heterocycles. The Balaban J connectivity index is 1.78. The minimum atomic E-state index is 0.588. The highest BCUT2D eigenvalue weighted by molar-refractivity contribution is 5.79. The number of hydrogen-bond acceptors (Lipinski definition) is 4. The van der Waals surface area contributed by atoms with E-state index in [1.807, 2.05) is 25.5 Å². The highest BCUT2D eigenvalue weighted by atomic mass is 15.3. The van der Waals surface area contributed by atoms with Crippen molar-refractivity contribution in [3.8, 4) is 0 Å². The van der Waals surface area contributed by atoms with E-state index in [0.717, 1.165) is 24.7 Å². The quantitative estimate of drug-likeness (QED) is 0.615. The average molecular weight is 287 g/mol. The molecule has 21 heavy (non-hydrogen) atoms. The number of hydrogen-bond donors (Lipinski definition) is 2. The Hall–Kier alpha value is -2.44. The summed E-state index contributed by atoms with van der Waals surface area (Å²) in [5.74, 6) is 1.62. The van der Waals surface area contributed by atoms with E-state index in [9.17, 15) is 0 Å². The fourth-order valence-electron chi connectivity index (χ4n) is 1.96. The van der Waals surface area contributed by atoms with Crippen molar-refractivity contribution in [2.24, 2.45) is 12.0 Å².